The molecule has 0 spiro atoms. The van der Waals surface area contributed by atoms with Gasteiger partial charge in [0.2, 0.25) is 0 Å². The molecule has 0 aromatic carbocycles. The zero-order valence-corrected chi connectivity index (χ0v) is 13.4. The van der Waals surface area contributed by atoms with Gasteiger partial charge in [-0.05, 0) is 44.8 Å². The molecule has 1 heterocycles. The minimum Gasteiger partial charge on any atom is -0.207 e. The Hall–Kier alpha value is 0.920. The van der Waals surface area contributed by atoms with Gasteiger partial charge in [-0.1, -0.05) is 0 Å². The van der Waals surface area contributed by atoms with Gasteiger partial charge in [-0.25, -0.2) is 13.1 Å². The number of halogens is 2. The van der Waals surface area contributed by atoms with Gasteiger partial charge < -0.3 is 0 Å². The first-order valence-electron chi connectivity index (χ1n) is 3.95. The molecule has 0 aliphatic carbocycles. The van der Waals surface area contributed by atoms with Crippen LogP contribution in [0.4, 0.5) is 0 Å². The Labute approximate surface area is 115 Å². The zero-order chi connectivity index (χ0) is 11.6. The number of hydrogen-bond donors (Lipinski definition) is 2. The second kappa shape index (κ2) is 5.50. The predicted molar refractivity (Wildman–Crippen MR) is 73.4 cm³/mol. The molecule has 0 fully saturated rings. The van der Waals surface area contributed by atoms with Crippen LogP contribution in [0.5, 0.6) is 0 Å². The molecule has 0 bridgehead atoms. The maximum Gasteiger partial charge on any atom is 0.251 e. The largest absolute Gasteiger partial charge is 0.251 e. The van der Waals surface area contributed by atoms with Gasteiger partial charge in [-0.2, -0.15) is 12.6 Å². The highest BCUT2D eigenvalue weighted by molar-refractivity contribution is 9.11. The van der Waals surface area contributed by atoms with Crippen LogP contribution < -0.4 is 4.72 Å². The summed E-state index contributed by atoms with van der Waals surface area (Å²) in [6, 6.07) is 1.52. The molecule has 0 aliphatic heterocycles. The van der Waals surface area contributed by atoms with Gasteiger partial charge in [0.15, 0.2) is 0 Å². The van der Waals surface area contributed by atoms with Gasteiger partial charge in [0.1, 0.15) is 4.21 Å². The summed E-state index contributed by atoms with van der Waals surface area (Å²) in [6.45, 7) is 1.76. The lowest BCUT2D eigenvalue weighted by Gasteiger charge is -2.10. The van der Waals surface area contributed by atoms with E-state index in [1.807, 2.05) is 0 Å². The van der Waals surface area contributed by atoms with E-state index >= 15 is 0 Å². The molecule has 0 aliphatic rings. The molecule has 0 unspecified atom stereocenters. The second-order valence-corrected chi connectivity index (χ2v) is 8.45. The predicted octanol–water partition coefficient (Wildman–Crippen LogP) is 2.87. The summed E-state index contributed by atoms with van der Waals surface area (Å²) in [5.74, 6) is 0.462. The number of hydrogen-bond acceptors (Lipinski definition) is 4. The van der Waals surface area contributed by atoms with Crippen LogP contribution >= 0.6 is 55.8 Å². The number of nitrogens with one attached hydrogen (secondary N) is 1. The Morgan fingerprint density at radius 2 is 2.20 bits per heavy atom. The summed E-state index contributed by atoms with van der Waals surface area (Å²) in [6.07, 6.45) is 0. The molecule has 15 heavy (non-hydrogen) atoms. The molecule has 1 atom stereocenters. The average molecular weight is 395 g/mol. The van der Waals surface area contributed by atoms with Crippen molar-refractivity contribution in [2.24, 2.45) is 0 Å². The minimum atomic E-state index is -3.44. The van der Waals surface area contributed by atoms with Crippen molar-refractivity contribution in [3.63, 3.8) is 0 Å². The normalized spacial score (nSPS) is 14.1. The summed E-state index contributed by atoms with van der Waals surface area (Å²) in [5, 5.41) is 0. The first-order valence-corrected chi connectivity index (χ1v) is 8.46. The molecule has 1 aromatic heterocycles. The Balaban J connectivity index is 3.01. The van der Waals surface area contributed by atoms with Gasteiger partial charge >= 0.3 is 0 Å². The molecule has 0 saturated heterocycles. The minimum absolute atomic E-state index is 0.189. The molecular weight excluding hydrogens is 386 g/mol. The van der Waals surface area contributed by atoms with E-state index in [-0.39, 0.29) is 10.3 Å². The van der Waals surface area contributed by atoms with Crippen LogP contribution in [-0.4, -0.2) is 20.2 Å². The van der Waals surface area contributed by atoms with Crippen LogP contribution in [0.1, 0.15) is 6.92 Å². The molecule has 1 aromatic rings. The SMILES string of the molecule is C[C@H](CS)NS(=O)(=O)c1sc(Br)cc1Br. The lowest BCUT2D eigenvalue weighted by molar-refractivity contribution is 0.573. The van der Waals surface area contributed by atoms with Crippen molar-refractivity contribution in [3.05, 3.63) is 14.3 Å². The summed E-state index contributed by atoms with van der Waals surface area (Å²) in [4.78, 5) is 0. The van der Waals surface area contributed by atoms with E-state index < -0.39 is 10.0 Å². The average Bonchev–Trinajstić information content (AvgIpc) is 2.45. The Bertz CT molecular complexity index is 443. The highest BCUT2D eigenvalue weighted by atomic mass is 79.9. The Morgan fingerprint density at radius 3 is 2.60 bits per heavy atom. The highest BCUT2D eigenvalue weighted by Gasteiger charge is 2.22. The van der Waals surface area contributed by atoms with E-state index in [4.69, 9.17) is 0 Å². The second-order valence-electron chi connectivity index (χ2n) is 2.89. The molecular formula is C7H9Br2NO2S3. The first-order chi connectivity index (χ1) is 6.86. The van der Waals surface area contributed by atoms with E-state index in [9.17, 15) is 8.42 Å². The molecule has 1 rings (SSSR count). The van der Waals surface area contributed by atoms with Crippen molar-refractivity contribution in [1.82, 2.24) is 4.72 Å². The van der Waals surface area contributed by atoms with Crippen molar-refractivity contribution in [3.8, 4) is 0 Å². The van der Waals surface area contributed by atoms with Crippen LogP contribution in [0.25, 0.3) is 0 Å². The maximum absolute atomic E-state index is 11.9. The Morgan fingerprint density at radius 1 is 1.60 bits per heavy atom. The van der Waals surface area contributed by atoms with Gasteiger partial charge in [0.25, 0.3) is 10.0 Å². The number of sulfonamides is 1. The molecule has 0 amide bonds. The fraction of sp³-hybridized carbons (Fsp3) is 0.429. The summed E-state index contributed by atoms with van der Waals surface area (Å²) < 4.78 is 27.9. The van der Waals surface area contributed by atoms with E-state index in [0.717, 1.165) is 3.79 Å². The highest BCUT2D eigenvalue weighted by Crippen LogP contribution is 2.34. The van der Waals surface area contributed by atoms with Crippen molar-refractivity contribution >= 4 is 65.8 Å². The van der Waals surface area contributed by atoms with E-state index in [0.29, 0.717) is 10.2 Å². The molecule has 8 heteroatoms. The van der Waals surface area contributed by atoms with Crippen molar-refractivity contribution < 1.29 is 8.42 Å². The van der Waals surface area contributed by atoms with Crippen LogP contribution in [0, 0.1) is 0 Å². The molecule has 0 saturated carbocycles. The first kappa shape index (κ1) is 14.0. The van der Waals surface area contributed by atoms with E-state index in [1.165, 1.54) is 11.3 Å². The van der Waals surface area contributed by atoms with Crippen LogP contribution in [0.3, 0.4) is 0 Å². The van der Waals surface area contributed by atoms with Crippen LogP contribution in [-0.2, 0) is 10.0 Å². The van der Waals surface area contributed by atoms with Crippen LogP contribution in [0.2, 0.25) is 0 Å². The van der Waals surface area contributed by atoms with Crippen LogP contribution in [0.15, 0.2) is 18.5 Å². The smallest absolute Gasteiger partial charge is 0.207 e. The fourth-order valence-electron chi connectivity index (χ4n) is 0.864. The fourth-order valence-corrected chi connectivity index (χ4v) is 6.08. The van der Waals surface area contributed by atoms with Gasteiger partial charge in [-0.3, -0.25) is 0 Å². The standard InChI is InChI=1S/C7H9Br2NO2S3/c1-4(3-13)10-15(11,12)7-5(8)2-6(9)14-7/h2,4,10,13H,3H2,1H3/t4-/m1/s1. The van der Waals surface area contributed by atoms with E-state index in [1.54, 1.807) is 13.0 Å². The number of thiol groups is 1. The van der Waals surface area contributed by atoms with Crippen molar-refractivity contribution in [2.45, 2.75) is 17.2 Å². The van der Waals surface area contributed by atoms with Crippen molar-refractivity contribution in [1.29, 1.82) is 0 Å². The third kappa shape index (κ3) is 3.71. The molecule has 1 N–H and O–H groups in total. The lowest BCUT2D eigenvalue weighted by atomic mass is 10.4. The monoisotopic (exact) mass is 393 g/mol. The molecule has 0 radical (unpaired) electrons. The van der Waals surface area contributed by atoms with Crippen molar-refractivity contribution in [2.75, 3.05) is 5.75 Å². The third-order valence-electron chi connectivity index (χ3n) is 1.50. The van der Waals surface area contributed by atoms with E-state index in [2.05, 4.69) is 49.2 Å². The lowest BCUT2D eigenvalue weighted by Crippen LogP contribution is -2.33. The van der Waals surface area contributed by atoms with Gasteiger partial charge in [-0.15, -0.1) is 11.3 Å². The number of rotatable bonds is 4. The summed E-state index contributed by atoms with van der Waals surface area (Å²) in [7, 11) is -3.44. The Kier molecular flexibility index (Phi) is 5.13. The zero-order valence-electron chi connectivity index (χ0n) is 7.70. The van der Waals surface area contributed by atoms with Gasteiger partial charge in [0, 0.05) is 16.3 Å². The topological polar surface area (TPSA) is 46.2 Å². The van der Waals surface area contributed by atoms with Gasteiger partial charge in [0.05, 0.1) is 3.79 Å². The summed E-state index contributed by atoms with van der Waals surface area (Å²) in [5.41, 5.74) is 0. The number of thiophene rings is 1. The molecule has 3 nitrogen and oxygen atoms in total. The quantitative estimate of drug-likeness (QED) is 0.771. The molecule has 86 valence electrons. The summed E-state index contributed by atoms with van der Waals surface area (Å²) >= 11 is 11.6. The third-order valence-corrected chi connectivity index (χ3v) is 6.96. The maximum atomic E-state index is 11.9.